The molecule has 0 unspecified atom stereocenters. The van der Waals surface area contributed by atoms with Crippen LogP contribution in [0.3, 0.4) is 0 Å². The van der Waals surface area contributed by atoms with E-state index in [9.17, 15) is 8.42 Å². The van der Waals surface area contributed by atoms with Crippen LogP contribution in [0.1, 0.15) is 25.6 Å². The van der Waals surface area contributed by atoms with Gasteiger partial charge >= 0.3 is 0 Å². The van der Waals surface area contributed by atoms with Crippen molar-refractivity contribution < 1.29 is 8.42 Å². The summed E-state index contributed by atoms with van der Waals surface area (Å²) in [6.07, 6.45) is 0. The van der Waals surface area contributed by atoms with Crippen LogP contribution in [0.15, 0.2) is 16.3 Å². The lowest BCUT2D eigenvalue weighted by Gasteiger charge is -2.19. The number of nitrogens with one attached hydrogen (secondary N) is 2. The molecule has 1 aromatic rings. The van der Waals surface area contributed by atoms with Crippen LogP contribution in [0.4, 0.5) is 0 Å². The van der Waals surface area contributed by atoms with Gasteiger partial charge in [-0.05, 0) is 40.0 Å². The Morgan fingerprint density at radius 1 is 1.31 bits per heavy atom. The summed E-state index contributed by atoms with van der Waals surface area (Å²) in [4.78, 5) is 1.01. The highest BCUT2D eigenvalue weighted by molar-refractivity contribution is 7.91. The topological polar surface area (TPSA) is 58.2 Å². The van der Waals surface area contributed by atoms with Crippen molar-refractivity contribution in [1.29, 1.82) is 0 Å². The highest BCUT2D eigenvalue weighted by Crippen LogP contribution is 2.22. The molecule has 0 atom stereocenters. The molecule has 0 fully saturated rings. The first-order chi connectivity index (χ1) is 7.24. The van der Waals surface area contributed by atoms with Crippen LogP contribution >= 0.6 is 11.3 Å². The van der Waals surface area contributed by atoms with Crippen molar-refractivity contribution >= 4 is 21.4 Å². The van der Waals surface area contributed by atoms with Crippen molar-refractivity contribution in [2.45, 2.75) is 37.1 Å². The second-order valence-electron chi connectivity index (χ2n) is 4.61. The molecule has 6 heteroatoms. The van der Waals surface area contributed by atoms with E-state index in [1.54, 1.807) is 6.07 Å². The molecular formula is C10H18N2O2S2. The van der Waals surface area contributed by atoms with Crippen molar-refractivity contribution in [1.82, 2.24) is 10.0 Å². The molecule has 16 heavy (non-hydrogen) atoms. The second kappa shape index (κ2) is 4.83. The Labute approximate surface area is 101 Å². The van der Waals surface area contributed by atoms with Crippen molar-refractivity contribution in [3.63, 3.8) is 0 Å². The third-order valence-corrected chi connectivity index (χ3v) is 5.03. The molecular weight excluding hydrogens is 244 g/mol. The van der Waals surface area contributed by atoms with Gasteiger partial charge in [-0.2, -0.15) is 0 Å². The molecule has 0 aliphatic carbocycles. The minimum absolute atomic E-state index is 0.368. The number of rotatable bonds is 4. The SMILES string of the molecule is CNCc1ccc(S(=O)(=O)NC(C)(C)C)s1. The number of hydrogen-bond acceptors (Lipinski definition) is 4. The lowest BCUT2D eigenvalue weighted by atomic mass is 10.1. The third-order valence-electron chi connectivity index (χ3n) is 1.69. The Morgan fingerprint density at radius 3 is 2.44 bits per heavy atom. The van der Waals surface area contributed by atoms with Crippen LogP contribution < -0.4 is 10.0 Å². The van der Waals surface area contributed by atoms with Crippen LogP contribution in [0.5, 0.6) is 0 Å². The van der Waals surface area contributed by atoms with E-state index in [4.69, 9.17) is 0 Å². The highest BCUT2D eigenvalue weighted by Gasteiger charge is 2.23. The Kier molecular flexibility index (Phi) is 4.12. The lowest BCUT2D eigenvalue weighted by molar-refractivity contribution is 0.492. The van der Waals surface area contributed by atoms with Gasteiger partial charge in [-0.1, -0.05) is 0 Å². The standard InChI is InChI=1S/C10H18N2O2S2/c1-10(2,3)12-16(13,14)9-6-5-8(15-9)7-11-4/h5-6,11-12H,7H2,1-4H3. The Hall–Kier alpha value is -0.430. The first kappa shape index (κ1) is 13.6. The van der Waals surface area contributed by atoms with Crippen LogP contribution in [0.2, 0.25) is 0 Å². The summed E-state index contributed by atoms with van der Waals surface area (Å²) < 4.78 is 26.9. The molecule has 0 aliphatic rings. The molecule has 0 aromatic carbocycles. The van der Waals surface area contributed by atoms with Gasteiger partial charge in [0.25, 0.3) is 10.0 Å². The van der Waals surface area contributed by atoms with E-state index in [0.29, 0.717) is 10.8 Å². The average molecular weight is 262 g/mol. The van der Waals surface area contributed by atoms with Gasteiger partial charge in [0, 0.05) is 17.0 Å². The van der Waals surface area contributed by atoms with Gasteiger partial charge < -0.3 is 5.32 Å². The van der Waals surface area contributed by atoms with Gasteiger partial charge in [-0.3, -0.25) is 0 Å². The summed E-state index contributed by atoms with van der Waals surface area (Å²) in [7, 11) is -1.54. The third kappa shape index (κ3) is 3.86. The number of sulfonamides is 1. The van der Waals surface area contributed by atoms with Gasteiger partial charge in [0.15, 0.2) is 0 Å². The summed E-state index contributed by atoms with van der Waals surface area (Å²) in [6.45, 7) is 6.17. The zero-order chi connectivity index (χ0) is 12.4. The molecule has 0 aliphatic heterocycles. The molecule has 1 aromatic heterocycles. The van der Waals surface area contributed by atoms with Crippen molar-refractivity contribution in [2.24, 2.45) is 0 Å². The van der Waals surface area contributed by atoms with Gasteiger partial charge in [0.2, 0.25) is 0 Å². The van der Waals surface area contributed by atoms with Crippen LogP contribution in [-0.2, 0) is 16.6 Å². The van der Waals surface area contributed by atoms with E-state index in [0.717, 1.165) is 4.88 Å². The van der Waals surface area contributed by atoms with Crippen molar-refractivity contribution in [3.8, 4) is 0 Å². The number of thiophene rings is 1. The van der Waals surface area contributed by atoms with E-state index in [-0.39, 0.29) is 0 Å². The Balaban J connectivity index is 2.90. The van der Waals surface area contributed by atoms with Gasteiger partial charge in [0.05, 0.1) is 0 Å². The van der Waals surface area contributed by atoms with E-state index < -0.39 is 15.6 Å². The summed E-state index contributed by atoms with van der Waals surface area (Å²) in [6, 6.07) is 3.48. The molecule has 1 heterocycles. The molecule has 0 radical (unpaired) electrons. The maximum absolute atomic E-state index is 11.9. The quantitative estimate of drug-likeness (QED) is 0.865. The van der Waals surface area contributed by atoms with E-state index in [1.165, 1.54) is 11.3 Å². The minimum Gasteiger partial charge on any atom is -0.315 e. The molecule has 0 saturated carbocycles. The summed E-state index contributed by atoms with van der Waals surface area (Å²) in [5.74, 6) is 0. The molecule has 1 rings (SSSR count). The zero-order valence-electron chi connectivity index (χ0n) is 9.99. The first-order valence-electron chi connectivity index (χ1n) is 5.02. The lowest BCUT2D eigenvalue weighted by Crippen LogP contribution is -2.40. The molecule has 0 bridgehead atoms. The average Bonchev–Trinajstić information content (AvgIpc) is 2.49. The van der Waals surface area contributed by atoms with Crippen LogP contribution in [0.25, 0.3) is 0 Å². The second-order valence-corrected chi connectivity index (χ2v) is 7.68. The Bertz CT molecular complexity index is 444. The van der Waals surface area contributed by atoms with Crippen molar-refractivity contribution in [2.75, 3.05) is 7.05 Å². The molecule has 0 amide bonds. The molecule has 92 valence electrons. The minimum atomic E-state index is -3.37. The van der Waals surface area contributed by atoms with E-state index >= 15 is 0 Å². The summed E-state index contributed by atoms with van der Waals surface area (Å²) in [5.41, 5.74) is -0.452. The fourth-order valence-electron chi connectivity index (χ4n) is 1.23. The van der Waals surface area contributed by atoms with E-state index in [1.807, 2.05) is 33.9 Å². The molecule has 0 spiro atoms. The van der Waals surface area contributed by atoms with Crippen molar-refractivity contribution in [3.05, 3.63) is 17.0 Å². The maximum Gasteiger partial charge on any atom is 0.250 e. The maximum atomic E-state index is 11.9. The first-order valence-corrected chi connectivity index (χ1v) is 7.32. The fraction of sp³-hybridized carbons (Fsp3) is 0.600. The summed E-state index contributed by atoms with van der Waals surface area (Å²) >= 11 is 1.29. The smallest absolute Gasteiger partial charge is 0.250 e. The van der Waals surface area contributed by atoms with Crippen LogP contribution in [0, 0.1) is 0 Å². The predicted molar refractivity (Wildman–Crippen MR) is 67.2 cm³/mol. The fourth-order valence-corrected chi connectivity index (χ4v) is 4.01. The normalized spacial score (nSPS) is 13.0. The summed E-state index contributed by atoms with van der Waals surface area (Å²) in [5, 5.41) is 2.99. The largest absolute Gasteiger partial charge is 0.315 e. The van der Waals surface area contributed by atoms with Crippen LogP contribution in [-0.4, -0.2) is 21.0 Å². The molecule has 4 nitrogen and oxygen atoms in total. The predicted octanol–water partition coefficient (Wildman–Crippen LogP) is 1.54. The van der Waals surface area contributed by atoms with Gasteiger partial charge in [0.1, 0.15) is 4.21 Å². The molecule has 0 saturated heterocycles. The molecule has 2 N–H and O–H groups in total. The van der Waals surface area contributed by atoms with Gasteiger partial charge in [-0.15, -0.1) is 11.3 Å². The Morgan fingerprint density at radius 2 is 1.94 bits per heavy atom. The number of hydrogen-bond donors (Lipinski definition) is 2. The van der Waals surface area contributed by atoms with E-state index in [2.05, 4.69) is 10.0 Å². The zero-order valence-corrected chi connectivity index (χ0v) is 11.6. The monoisotopic (exact) mass is 262 g/mol. The van der Waals surface area contributed by atoms with Gasteiger partial charge in [-0.25, -0.2) is 13.1 Å². The highest BCUT2D eigenvalue weighted by atomic mass is 32.2.